The van der Waals surface area contributed by atoms with E-state index < -0.39 is 29.5 Å². The summed E-state index contributed by atoms with van der Waals surface area (Å²) in [6.45, 7) is 5.66. The maximum atomic E-state index is 13.4. The van der Waals surface area contributed by atoms with Gasteiger partial charge in [-0.3, -0.25) is 19.5 Å². The Hall–Kier alpha value is -4.17. The molecule has 2 aromatic carbocycles. The number of hydrogen-bond donors (Lipinski definition) is 1. The highest BCUT2D eigenvalue weighted by atomic mass is 35.5. The van der Waals surface area contributed by atoms with Gasteiger partial charge in [0.25, 0.3) is 11.7 Å². The van der Waals surface area contributed by atoms with Crippen LogP contribution >= 0.6 is 11.6 Å². The summed E-state index contributed by atoms with van der Waals surface area (Å²) in [6.07, 6.45) is 2.73. The molecule has 0 radical (unpaired) electrons. The predicted octanol–water partition coefficient (Wildman–Crippen LogP) is 5.33. The van der Waals surface area contributed by atoms with Crippen molar-refractivity contribution >= 4 is 40.7 Å². The smallest absolute Gasteiger partial charge is 0.338 e. The molecule has 0 bridgehead atoms. The Kier molecular flexibility index (Phi) is 7.59. The molecule has 190 valence electrons. The number of aromatic nitrogens is 1. The Morgan fingerprint density at radius 2 is 1.92 bits per heavy atom. The molecule has 37 heavy (non-hydrogen) atoms. The minimum Gasteiger partial charge on any atom is -0.507 e. The van der Waals surface area contributed by atoms with Gasteiger partial charge in [-0.05, 0) is 68.8 Å². The first-order valence-corrected chi connectivity index (χ1v) is 12.0. The number of ether oxygens (including phenoxy) is 2. The molecule has 1 amide bonds. The first-order chi connectivity index (χ1) is 17.7. The quantitative estimate of drug-likeness (QED) is 0.194. The van der Waals surface area contributed by atoms with Crippen molar-refractivity contribution in [3.8, 4) is 5.75 Å². The minimum absolute atomic E-state index is 0.147. The van der Waals surface area contributed by atoms with Gasteiger partial charge in [-0.1, -0.05) is 23.7 Å². The van der Waals surface area contributed by atoms with Crippen LogP contribution in [0.25, 0.3) is 5.76 Å². The Bertz CT molecular complexity index is 1390. The van der Waals surface area contributed by atoms with Gasteiger partial charge in [0.1, 0.15) is 11.5 Å². The Morgan fingerprint density at radius 1 is 1.14 bits per heavy atom. The zero-order valence-electron chi connectivity index (χ0n) is 20.5. The molecule has 4 rings (SSSR count). The normalized spacial score (nSPS) is 16.8. The molecule has 9 heteroatoms. The molecule has 3 aromatic rings. The maximum Gasteiger partial charge on any atom is 0.338 e. The molecule has 0 aliphatic carbocycles. The van der Waals surface area contributed by atoms with E-state index in [0.717, 1.165) is 0 Å². The molecule has 1 aliphatic rings. The van der Waals surface area contributed by atoms with E-state index in [4.69, 9.17) is 21.1 Å². The summed E-state index contributed by atoms with van der Waals surface area (Å²) in [7, 11) is 0. The van der Waals surface area contributed by atoms with Crippen LogP contribution in [0, 0.1) is 0 Å². The van der Waals surface area contributed by atoms with Crippen LogP contribution in [0.2, 0.25) is 5.02 Å². The lowest BCUT2D eigenvalue weighted by Gasteiger charge is -2.25. The number of benzene rings is 2. The molecule has 8 nitrogen and oxygen atoms in total. The van der Waals surface area contributed by atoms with Gasteiger partial charge in [-0.15, -0.1) is 0 Å². The average molecular weight is 521 g/mol. The van der Waals surface area contributed by atoms with E-state index in [1.165, 1.54) is 23.2 Å². The number of Topliss-reactive ketones (excluding diaryl/α,β-unsaturated/α-hetero) is 1. The molecular weight excluding hydrogens is 496 g/mol. The number of rotatable bonds is 7. The molecule has 2 heterocycles. The predicted molar refractivity (Wildman–Crippen MR) is 139 cm³/mol. The second-order valence-corrected chi connectivity index (χ2v) is 8.94. The number of aliphatic hydroxyl groups excluding tert-OH is 1. The number of halogens is 1. The average Bonchev–Trinajstić information content (AvgIpc) is 3.15. The highest BCUT2D eigenvalue weighted by Gasteiger charge is 2.47. The van der Waals surface area contributed by atoms with E-state index in [-0.39, 0.29) is 33.5 Å². The molecule has 0 spiro atoms. The van der Waals surface area contributed by atoms with E-state index in [1.54, 1.807) is 62.5 Å². The fourth-order valence-corrected chi connectivity index (χ4v) is 4.31. The molecule has 0 saturated carbocycles. The van der Waals surface area contributed by atoms with Crippen molar-refractivity contribution in [2.45, 2.75) is 32.9 Å². The number of carbonyl (C=O) groups is 3. The van der Waals surface area contributed by atoms with Crippen LogP contribution < -0.4 is 9.64 Å². The third-order valence-corrected chi connectivity index (χ3v) is 5.98. The first kappa shape index (κ1) is 25.9. The highest BCUT2D eigenvalue weighted by Crippen LogP contribution is 2.43. The summed E-state index contributed by atoms with van der Waals surface area (Å²) < 4.78 is 10.8. The third kappa shape index (κ3) is 5.20. The number of amides is 1. The minimum atomic E-state index is -1.03. The van der Waals surface area contributed by atoms with Crippen molar-refractivity contribution in [2.75, 3.05) is 11.5 Å². The number of hydrogen-bond acceptors (Lipinski definition) is 7. The number of ketones is 1. The van der Waals surface area contributed by atoms with Gasteiger partial charge in [0.2, 0.25) is 0 Å². The third-order valence-electron chi connectivity index (χ3n) is 5.65. The Labute approximate surface area is 219 Å². The van der Waals surface area contributed by atoms with E-state index >= 15 is 0 Å². The monoisotopic (exact) mass is 520 g/mol. The van der Waals surface area contributed by atoms with Crippen LogP contribution in [0.4, 0.5) is 5.69 Å². The number of nitrogens with zero attached hydrogens (tertiary/aromatic N) is 2. The Balaban J connectivity index is 1.90. The summed E-state index contributed by atoms with van der Waals surface area (Å²) in [6, 6.07) is 13.2. The van der Waals surface area contributed by atoms with Gasteiger partial charge < -0.3 is 14.6 Å². The van der Waals surface area contributed by atoms with Crippen LogP contribution in [-0.2, 0) is 14.3 Å². The molecule has 1 aliphatic heterocycles. The van der Waals surface area contributed by atoms with E-state index in [2.05, 4.69) is 4.98 Å². The highest BCUT2D eigenvalue weighted by molar-refractivity contribution is 6.52. The van der Waals surface area contributed by atoms with Gasteiger partial charge in [0.15, 0.2) is 0 Å². The van der Waals surface area contributed by atoms with Crippen LogP contribution in [0.1, 0.15) is 48.3 Å². The zero-order valence-corrected chi connectivity index (χ0v) is 21.2. The number of anilines is 1. The SMILES string of the molecule is CCOc1ccc(Cl)c(/C(O)=C2\C(=O)C(=O)N(c3cccc(C(=O)OC(C)C)c3)C2c2cccnc2)c1. The lowest BCUT2D eigenvalue weighted by atomic mass is 9.96. The Morgan fingerprint density at radius 3 is 2.59 bits per heavy atom. The van der Waals surface area contributed by atoms with Crippen molar-refractivity contribution < 1.29 is 29.0 Å². The summed E-state index contributed by atoms with van der Waals surface area (Å²) in [5, 5.41) is 11.5. The number of aliphatic hydroxyl groups is 1. The van der Waals surface area contributed by atoms with Gasteiger partial charge in [-0.2, -0.15) is 0 Å². The van der Waals surface area contributed by atoms with Crippen LogP contribution in [0.3, 0.4) is 0 Å². The number of pyridine rings is 1. The maximum absolute atomic E-state index is 13.4. The summed E-state index contributed by atoms with van der Waals surface area (Å²) in [5.41, 5.74) is 0.959. The summed E-state index contributed by atoms with van der Waals surface area (Å²) in [5.74, 6) is -2.35. The van der Waals surface area contributed by atoms with Crippen molar-refractivity contribution in [1.29, 1.82) is 0 Å². The largest absolute Gasteiger partial charge is 0.507 e. The van der Waals surface area contributed by atoms with Crippen LogP contribution in [-0.4, -0.2) is 40.5 Å². The molecule has 1 unspecified atom stereocenters. The van der Waals surface area contributed by atoms with Crippen molar-refractivity contribution in [1.82, 2.24) is 4.98 Å². The summed E-state index contributed by atoms with van der Waals surface area (Å²) in [4.78, 5) is 44.7. The van der Waals surface area contributed by atoms with Gasteiger partial charge >= 0.3 is 5.97 Å². The second-order valence-electron chi connectivity index (χ2n) is 8.53. The fraction of sp³-hybridized carbons (Fsp3) is 0.214. The topological polar surface area (TPSA) is 106 Å². The van der Waals surface area contributed by atoms with Crippen LogP contribution in [0.15, 0.2) is 72.6 Å². The lowest BCUT2D eigenvalue weighted by molar-refractivity contribution is -0.132. The lowest BCUT2D eigenvalue weighted by Crippen LogP contribution is -2.29. The van der Waals surface area contributed by atoms with E-state index in [1.807, 2.05) is 6.92 Å². The second kappa shape index (κ2) is 10.8. The first-order valence-electron chi connectivity index (χ1n) is 11.7. The fourth-order valence-electron chi connectivity index (χ4n) is 4.10. The molecular formula is C28H25ClN2O6. The van der Waals surface area contributed by atoms with Crippen LogP contribution in [0.5, 0.6) is 5.75 Å². The van der Waals surface area contributed by atoms with Gasteiger partial charge in [0, 0.05) is 23.6 Å². The molecule has 1 saturated heterocycles. The zero-order chi connectivity index (χ0) is 26.7. The number of carbonyl (C=O) groups excluding carboxylic acids is 3. The van der Waals surface area contributed by atoms with E-state index in [0.29, 0.717) is 17.9 Å². The van der Waals surface area contributed by atoms with E-state index in [9.17, 15) is 19.5 Å². The standard InChI is InChI=1S/C28H25ClN2O6/c1-4-36-20-10-11-22(29)21(14-20)25(32)23-24(18-8-6-12-30-15-18)31(27(34)26(23)33)19-9-5-7-17(13-19)28(35)37-16(2)3/h5-16,24,32H,4H2,1-3H3/b25-23+. The molecule has 1 atom stereocenters. The van der Waals surface area contributed by atoms with Gasteiger partial charge in [0.05, 0.1) is 34.9 Å². The summed E-state index contributed by atoms with van der Waals surface area (Å²) >= 11 is 6.37. The molecule has 1 fully saturated rings. The van der Waals surface area contributed by atoms with Gasteiger partial charge in [-0.25, -0.2) is 4.79 Å². The number of esters is 1. The van der Waals surface area contributed by atoms with Crippen molar-refractivity contribution in [3.05, 3.63) is 94.3 Å². The molecule has 1 N–H and O–H groups in total. The van der Waals surface area contributed by atoms with Crippen molar-refractivity contribution in [3.63, 3.8) is 0 Å². The molecule has 1 aromatic heterocycles. The van der Waals surface area contributed by atoms with Crippen molar-refractivity contribution in [2.24, 2.45) is 0 Å².